The summed E-state index contributed by atoms with van der Waals surface area (Å²) < 4.78 is 0. The molecule has 30 heavy (non-hydrogen) atoms. The maximum absolute atomic E-state index is 12.4. The summed E-state index contributed by atoms with van der Waals surface area (Å²) >= 11 is 11.9. The molecule has 1 fully saturated rings. The molecule has 0 spiro atoms. The second kappa shape index (κ2) is 11.0. The van der Waals surface area contributed by atoms with Gasteiger partial charge < -0.3 is 10.2 Å². The normalized spacial score (nSPS) is 15.1. The highest BCUT2D eigenvalue weighted by molar-refractivity contribution is 6.31. The fraction of sp³-hybridized carbons (Fsp3) is 0.250. The quantitative estimate of drug-likeness (QED) is 0.634. The molecule has 1 saturated heterocycles. The third-order valence-electron chi connectivity index (χ3n) is 5.03. The SMILES string of the molecule is O=C(/C=C/c1cccc(Cl)c1)NCC1CCN(C(=O)/C=C/c2cccc(Cl)c2)CC1. The van der Waals surface area contributed by atoms with Crippen molar-refractivity contribution in [3.05, 3.63) is 81.9 Å². The number of nitrogens with one attached hydrogen (secondary N) is 1. The van der Waals surface area contributed by atoms with Gasteiger partial charge in [0, 0.05) is 41.8 Å². The topological polar surface area (TPSA) is 49.4 Å². The van der Waals surface area contributed by atoms with Gasteiger partial charge in [-0.25, -0.2) is 0 Å². The number of benzene rings is 2. The molecule has 2 amide bonds. The number of rotatable bonds is 6. The van der Waals surface area contributed by atoms with E-state index in [2.05, 4.69) is 5.32 Å². The van der Waals surface area contributed by atoms with Crippen molar-refractivity contribution in [1.29, 1.82) is 0 Å². The van der Waals surface area contributed by atoms with Gasteiger partial charge in [-0.15, -0.1) is 0 Å². The average molecular weight is 443 g/mol. The Labute approximate surface area is 187 Å². The molecule has 3 rings (SSSR count). The highest BCUT2D eigenvalue weighted by Crippen LogP contribution is 2.18. The minimum Gasteiger partial charge on any atom is -0.352 e. The number of hydrogen-bond acceptors (Lipinski definition) is 2. The molecule has 6 heteroatoms. The second-order valence-electron chi connectivity index (χ2n) is 7.29. The molecule has 1 heterocycles. The van der Waals surface area contributed by atoms with Gasteiger partial charge in [0.1, 0.15) is 0 Å². The number of halogens is 2. The maximum atomic E-state index is 12.4. The van der Waals surface area contributed by atoms with Crippen LogP contribution >= 0.6 is 23.2 Å². The summed E-state index contributed by atoms with van der Waals surface area (Å²) in [6.07, 6.45) is 8.38. The minimum atomic E-state index is -0.127. The van der Waals surface area contributed by atoms with Gasteiger partial charge in [0.15, 0.2) is 0 Å². The maximum Gasteiger partial charge on any atom is 0.246 e. The van der Waals surface area contributed by atoms with Crippen LogP contribution < -0.4 is 5.32 Å². The molecular formula is C24H24Cl2N2O2. The molecule has 2 aromatic carbocycles. The first-order valence-electron chi connectivity index (χ1n) is 9.93. The number of hydrogen-bond donors (Lipinski definition) is 1. The summed E-state index contributed by atoms with van der Waals surface area (Å²) in [5.41, 5.74) is 1.79. The zero-order valence-electron chi connectivity index (χ0n) is 16.6. The van der Waals surface area contributed by atoms with E-state index in [9.17, 15) is 9.59 Å². The van der Waals surface area contributed by atoms with Crippen molar-refractivity contribution < 1.29 is 9.59 Å². The Morgan fingerprint density at radius 1 is 0.933 bits per heavy atom. The van der Waals surface area contributed by atoms with Crippen LogP contribution in [0.4, 0.5) is 0 Å². The van der Waals surface area contributed by atoms with E-state index in [-0.39, 0.29) is 11.8 Å². The third-order valence-corrected chi connectivity index (χ3v) is 5.50. The van der Waals surface area contributed by atoms with Crippen molar-refractivity contribution in [1.82, 2.24) is 10.2 Å². The highest BCUT2D eigenvalue weighted by Gasteiger charge is 2.21. The molecule has 1 N–H and O–H groups in total. The van der Waals surface area contributed by atoms with Crippen LogP contribution in [0.1, 0.15) is 24.0 Å². The Bertz CT molecular complexity index is 948. The molecule has 0 saturated carbocycles. The molecule has 0 radical (unpaired) electrons. The number of carbonyl (C=O) groups is 2. The summed E-state index contributed by atoms with van der Waals surface area (Å²) in [5, 5.41) is 4.23. The number of amides is 2. The van der Waals surface area contributed by atoms with Gasteiger partial charge in [-0.1, -0.05) is 47.5 Å². The molecule has 1 aliphatic heterocycles. The second-order valence-corrected chi connectivity index (χ2v) is 8.16. The summed E-state index contributed by atoms with van der Waals surface area (Å²) in [6, 6.07) is 14.7. The number of carbonyl (C=O) groups excluding carboxylic acids is 2. The van der Waals surface area contributed by atoms with E-state index in [1.807, 2.05) is 35.2 Å². The van der Waals surface area contributed by atoms with Gasteiger partial charge in [0.05, 0.1) is 0 Å². The van der Waals surface area contributed by atoms with Gasteiger partial charge in [0.25, 0.3) is 0 Å². The van der Waals surface area contributed by atoms with Gasteiger partial charge in [-0.3, -0.25) is 9.59 Å². The Kier molecular flexibility index (Phi) is 8.12. The van der Waals surface area contributed by atoms with Crippen LogP contribution in [0, 0.1) is 5.92 Å². The fourth-order valence-corrected chi connectivity index (χ4v) is 3.72. The molecule has 0 aromatic heterocycles. The highest BCUT2D eigenvalue weighted by atomic mass is 35.5. The average Bonchev–Trinajstić information content (AvgIpc) is 2.75. The van der Waals surface area contributed by atoms with Crippen LogP contribution in [0.25, 0.3) is 12.2 Å². The standard InChI is InChI=1S/C24H24Cl2N2O2/c25-21-5-1-3-18(15-21)7-9-23(29)27-17-20-11-13-28(14-12-20)24(30)10-8-19-4-2-6-22(26)16-19/h1-10,15-16,20H,11-14,17H2,(H,27,29)/b9-7+,10-8+. The number of piperidine rings is 1. The monoisotopic (exact) mass is 442 g/mol. The van der Waals surface area contributed by atoms with Crippen LogP contribution in [-0.4, -0.2) is 36.3 Å². The van der Waals surface area contributed by atoms with Gasteiger partial charge in [0.2, 0.25) is 11.8 Å². The van der Waals surface area contributed by atoms with E-state index in [1.165, 1.54) is 6.08 Å². The predicted octanol–water partition coefficient (Wildman–Crippen LogP) is 5.07. The summed E-state index contributed by atoms with van der Waals surface area (Å²) in [4.78, 5) is 26.3. The lowest BCUT2D eigenvalue weighted by Gasteiger charge is -2.31. The summed E-state index contributed by atoms with van der Waals surface area (Å²) in [7, 11) is 0. The predicted molar refractivity (Wildman–Crippen MR) is 123 cm³/mol. The van der Waals surface area contributed by atoms with Gasteiger partial charge >= 0.3 is 0 Å². The first-order chi connectivity index (χ1) is 14.5. The molecule has 0 unspecified atom stereocenters. The first kappa shape index (κ1) is 22.1. The lowest BCUT2D eigenvalue weighted by molar-refractivity contribution is -0.127. The van der Waals surface area contributed by atoms with Crippen molar-refractivity contribution in [2.45, 2.75) is 12.8 Å². The van der Waals surface area contributed by atoms with E-state index in [0.29, 0.717) is 35.6 Å². The minimum absolute atomic E-state index is 0.00177. The molecule has 0 atom stereocenters. The zero-order valence-corrected chi connectivity index (χ0v) is 18.1. The number of likely N-dealkylation sites (tertiary alicyclic amines) is 1. The molecule has 2 aromatic rings. The van der Waals surface area contributed by atoms with Crippen LogP contribution in [0.5, 0.6) is 0 Å². The summed E-state index contributed by atoms with van der Waals surface area (Å²) in [6.45, 7) is 1.99. The number of nitrogens with zero attached hydrogens (tertiary/aromatic N) is 1. The molecule has 4 nitrogen and oxygen atoms in total. The molecule has 1 aliphatic rings. The van der Waals surface area contributed by atoms with Crippen molar-refractivity contribution >= 4 is 47.2 Å². The van der Waals surface area contributed by atoms with Crippen LogP contribution in [0.2, 0.25) is 10.0 Å². The van der Waals surface area contributed by atoms with Crippen molar-refractivity contribution in [3.63, 3.8) is 0 Å². The van der Waals surface area contributed by atoms with E-state index in [0.717, 1.165) is 24.0 Å². The van der Waals surface area contributed by atoms with Crippen molar-refractivity contribution in [2.75, 3.05) is 19.6 Å². The molecule has 0 bridgehead atoms. The smallest absolute Gasteiger partial charge is 0.246 e. The summed E-state index contributed by atoms with van der Waals surface area (Å²) in [5.74, 6) is 0.245. The van der Waals surface area contributed by atoms with Crippen LogP contribution in [-0.2, 0) is 9.59 Å². The fourth-order valence-electron chi connectivity index (χ4n) is 3.33. The van der Waals surface area contributed by atoms with E-state index < -0.39 is 0 Å². The molecular weight excluding hydrogens is 419 g/mol. The molecule has 156 valence electrons. The van der Waals surface area contributed by atoms with E-state index in [4.69, 9.17) is 23.2 Å². The Morgan fingerprint density at radius 2 is 1.50 bits per heavy atom. The third kappa shape index (κ3) is 7.05. The Balaban J connectivity index is 1.40. The Morgan fingerprint density at radius 3 is 2.07 bits per heavy atom. The van der Waals surface area contributed by atoms with Crippen molar-refractivity contribution in [3.8, 4) is 0 Å². The largest absolute Gasteiger partial charge is 0.352 e. The lowest BCUT2D eigenvalue weighted by Crippen LogP contribution is -2.40. The molecule has 0 aliphatic carbocycles. The van der Waals surface area contributed by atoms with Crippen LogP contribution in [0.15, 0.2) is 60.7 Å². The first-order valence-corrected chi connectivity index (χ1v) is 10.7. The zero-order chi connectivity index (χ0) is 21.3. The van der Waals surface area contributed by atoms with Crippen molar-refractivity contribution in [2.24, 2.45) is 5.92 Å². The lowest BCUT2D eigenvalue weighted by atomic mass is 9.96. The van der Waals surface area contributed by atoms with E-state index in [1.54, 1.807) is 36.4 Å². The van der Waals surface area contributed by atoms with E-state index >= 15 is 0 Å². The van der Waals surface area contributed by atoms with Crippen LogP contribution in [0.3, 0.4) is 0 Å². The Hall–Kier alpha value is -2.56. The van der Waals surface area contributed by atoms with Gasteiger partial charge in [-0.05, 0) is 66.3 Å². The van der Waals surface area contributed by atoms with Gasteiger partial charge in [-0.2, -0.15) is 0 Å².